The van der Waals surface area contributed by atoms with Gasteiger partial charge in [-0.15, -0.1) is 0 Å². The Kier molecular flexibility index (Phi) is 4.44. The lowest BCUT2D eigenvalue weighted by atomic mass is 10.1. The molecule has 2 aromatic rings. The maximum absolute atomic E-state index is 13.8. The Hall–Kier alpha value is -2.19. The quantitative estimate of drug-likeness (QED) is 0.590. The van der Waals surface area contributed by atoms with Gasteiger partial charge in [0.2, 0.25) is 0 Å². The van der Waals surface area contributed by atoms with E-state index in [1.807, 2.05) is 0 Å². The minimum atomic E-state index is -0.525. The highest BCUT2D eigenvalue weighted by Gasteiger charge is 2.21. The van der Waals surface area contributed by atoms with Gasteiger partial charge in [0.1, 0.15) is 12.4 Å². The van der Waals surface area contributed by atoms with Gasteiger partial charge in [-0.2, -0.15) is 0 Å². The highest BCUT2D eigenvalue weighted by atomic mass is 79.9. The molecule has 0 aliphatic carbocycles. The fraction of sp³-hybridized carbons (Fsp3) is 0.200. The molecule has 0 bridgehead atoms. The minimum Gasteiger partial charge on any atom is -0.486 e. The summed E-state index contributed by atoms with van der Waals surface area (Å²) in [4.78, 5) is 10.5. The second-order valence-corrected chi connectivity index (χ2v) is 5.74. The van der Waals surface area contributed by atoms with E-state index in [1.54, 1.807) is 6.07 Å². The molecular weight excluding hydrogens is 373 g/mol. The highest BCUT2D eigenvalue weighted by Crippen LogP contribution is 2.33. The molecule has 6 nitrogen and oxygen atoms in total. The molecule has 120 valence electrons. The summed E-state index contributed by atoms with van der Waals surface area (Å²) in [5.74, 6) is 0.0165. The fourth-order valence-electron chi connectivity index (χ4n) is 2.24. The molecule has 0 N–H and O–H groups in total. The van der Waals surface area contributed by atoms with Gasteiger partial charge in [0, 0.05) is 27.7 Å². The van der Waals surface area contributed by atoms with E-state index in [9.17, 15) is 14.5 Å². The van der Waals surface area contributed by atoms with E-state index in [-0.39, 0.29) is 31.4 Å². The molecule has 3 rings (SSSR count). The van der Waals surface area contributed by atoms with Gasteiger partial charge in [-0.1, -0.05) is 15.9 Å². The maximum Gasteiger partial charge on any atom is 0.270 e. The number of halogens is 2. The second-order valence-electron chi connectivity index (χ2n) is 4.82. The highest BCUT2D eigenvalue weighted by molar-refractivity contribution is 9.10. The Morgan fingerprint density at radius 2 is 2.17 bits per heavy atom. The normalized spacial score (nSPS) is 13.1. The van der Waals surface area contributed by atoms with Gasteiger partial charge in [0.25, 0.3) is 5.69 Å². The van der Waals surface area contributed by atoms with Crippen LogP contribution in [0.2, 0.25) is 0 Å². The van der Waals surface area contributed by atoms with Crippen LogP contribution in [-0.2, 0) is 18.0 Å². The van der Waals surface area contributed by atoms with Crippen molar-refractivity contribution in [2.24, 2.45) is 0 Å². The number of fused-ring (bicyclic) bond motifs is 1. The summed E-state index contributed by atoms with van der Waals surface area (Å²) in [6.45, 7) is 0.226. The number of nitro benzene ring substituents is 1. The van der Waals surface area contributed by atoms with Gasteiger partial charge in [-0.05, 0) is 18.2 Å². The molecule has 0 atom stereocenters. The predicted molar refractivity (Wildman–Crippen MR) is 81.8 cm³/mol. The average molecular weight is 384 g/mol. The summed E-state index contributed by atoms with van der Waals surface area (Å²) in [6, 6.07) is 7.17. The molecule has 0 radical (unpaired) electrons. The van der Waals surface area contributed by atoms with Crippen LogP contribution in [-0.4, -0.2) is 11.7 Å². The van der Waals surface area contributed by atoms with Crippen LogP contribution in [0.25, 0.3) is 0 Å². The number of ether oxygens (including phenoxy) is 3. The predicted octanol–water partition coefficient (Wildman–Crippen LogP) is 3.94. The SMILES string of the molecule is O=[N+]([O-])c1cc2c(c(COc3ccc(Br)cc3F)c1)OCOC2. The van der Waals surface area contributed by atoms with Crippen LogP contribution in [0.1, 0.15) is 11.1 Å². The molecule has 2 aromatic carbocycles. The standard InChI is InChI=1S/C15H11BrFNO5/c16-11-1-2-14(13(17)5-11)22-7-10-4-12(18(19)20)3-9-6-21-8-23-15(9)10/h1-5H,6-8H2. The number of benzene rings is 2. The van der Waals surface area contributed by atoms with E-state index in [4.69, 9.17) is 14.2 Å². The van der Waals surface area contributed by atoms with Crippen molar-refractivity contribution in [3.05, 3.63) is 61.9 Å². The zero-order valence-electron chi connectivity index (χ0n) is 11.8. The molecule has 0 unspecified atom stereocenters. The van der Waals surface area contributed by atoms with Gasteiger partial charge in [-0.25, -0.2) is 4.39 Å². The summed E-state index contributed by atoms with van der Waals surface area (Å²) < 4.78 is 30.3. The van der Waals surface area contributed by atoms with E-state index < -0.39 is 10.7 Å². The average Bonchev–Trinajstić information content (AvgIpc) is 2.53. The summed E-state index contributed by atoms with van der Waals surface area (Å²) in [6.07, 6.45) is 0. The lowest BCUT2D eigenvalue weighted by Gasteiger charge is -2.20. The Labute approximate surface area is 139 Å². The zero-order valence-corrected chi connectivity index (χ0v) is 13.3. The first-order chi connectivity index (χ1) is 11.0. The van der Waals surface area contributed by atoms with E-state index in [0.29, 0.717) is 21.3 Å². The lowest BCUT2D eigenvalue weighted by Crippen LogP contribution is -2.14. The van der Waals surface area contributed by atoms with Crippen LogP contribution < -0.4 is 9.47 Å². The molecule has 1 aliphatic rings. The summed E-state index contributed by atoms with van der Waals surface area (Å²) in [5, 5.41) is 11.0. The van der Waals surface area contributed by atoms with Crippen molar-refractivity contribution in [3.63, 3.8) is 0 Å². The van der Waals surface area contributed by atoms with Crippen LogP contribution in [0.4, 0.5) is 10.1 Å². The summed E-state index contributed by atoms with van der Waals surface area (Å²) in [5.41, 5.74) is 0.952. The lowest BCUT2D eigenvalue weighted by molar-refractivity contribution is -0.385. The number of nitrogens with zero attached hydrogens (tertiary/aromatic N) is 1. The fourth-order valence-corrected chi connectivity index (χ4v) is 2.57. The molecule has 0 fully saturated rings. The van der Waals surface area contributed by atoms with Crippen LogP contribution in [0, 0.1) is 15.9 Å². The molecule has 8 heteroatoms. The number of hydrogen-bond acceptors (Lipinski definition) is 5. The number of hydrogen-bond donors (Lipinski definition) is 0. The topological polar surface area (TPSA) is 70.8 Å². The molecule has 0 saturated heterocycles. The summed E-state index contributed by atoms with van der Waals surface area (Å²) >= 11 is 3.16. The van der Waals surface area contributed by atoms with Crippen LogP contribution in [0.5, 0.6) is 11.5 Å². The Balaban J connectivity index is 1.89. The Morgan fingerprint density at radius 1 is 1.35 bits per heavy atom. The molecule has 1 heterocycles. The Morgan fingerprint density at radius 3 is 2.91 bits per heavy atom. The molecular formula is C15H11BrFNO5. The van der Waals surface area contributed by atoms with E-state index in [1.165, 1.54) is 24.3 Å². The van der Waals surface area contributed by atoms with E-state index in [0.717, 1.165) is 0 Å². The molecule has 0 aromatic heterocycles. The Bertz CT molecular complexity index is 768. The summed E-state index contributed by atoms with van der Waals surface area (Å²) in [7, 11) is 0. The number of nitro groups is 1. The van der Waals surface area contributed by atoms with Crippen LogP contribution in [0.3, 0.4) is 0 Å². The first kappa shape index (κ1) is 15.7. The number of rotatable bonds is 4. The third-order valence-electron chi connectivity index (χ3n) is 3.26. The molecule has 0 spiro atoms. The molecule has 0 amide bonds. The van der Waals surface area contributed by atoms with Gasteiger partial charge in [0.15, 0.2) is 18.4 Å². The van der Waals surface area contributed by atoms with Crippen molar-refractivity contribution in [2.75, 3.05) is 6.79 Å². The second kappa shape index (κ2) is 6.51. The van der Waals surface area contributed by atoms with Crippen molar-refractivity contribution < 1.29 is 23.5 Å². The third kappa shape index (κ3) is 3.43. The van der Waals surface area contributed by atoms with Crippen molar-refractivity contribution in [2.45, 2.75) is 13.2 Å². The van der Waals surface area contributed by atoms with Crippen molar-refractivity contribution >= 4 is 21.6 Å². The zero-order chi connectivity index (χ0) is 16.4. The van der Waals surface area contributed by atoms with E-state index >= 15 is 0 Å². The van der Waals surface area contributed by atoms with Gasteiger partial charge < -0.3 is 14.2 Å². The first-order valence-corrected chi connectivity index (χ1v) is 7.42. The third-order valence-corrected chi connectivity index (χ3v) is 3.75. The van der Waals surface area contributed by atoms with E-state index in [2.05, 4.69) is 15.9 Å². The largest absolute Gasteiger partial charge is 0.486 e. The number of non-ortho nitro benzene ring substituents is 1. The minimum absolute atomic E-state index is 0.0530. The van der Waals surface area contributed by atoms with Crippen molar-refractivity contribution in [1.29, 1.82) is 0 Å². The monoisotopic (exact) mass is 383 g/mol. The molecule has 1 aliphatic heterocycles. The smallest absolute Gasteiger partial charge is 0.270 e. The molecule has 0 saturated carbocycles. The van der Waals surface area contributed by atoms with Gasteiger partial charge >= 0.3 is 0 Å². The van der Waals surface area contributed by atoms with Crippen molar-refractivity contribution in [1.82, 2.24) is 0 Å². The van der Waals surface area contributed by atoms with Crippen molar-refractivity contribution in [3.8, 4) is 11.5 Å². The molecule has 23 heavy (non-hydrogen) atoms. The van der Waals surface area contributed by atoms with Gasteiger partial charge in [-0.3, -0.25) is 10.1 Å². The van der Waals surface area contributed by atoms with Gasteiger partial charge in [0.05, 0.1) is 11.5 Å². The first-order valence-electron chi connectivity index (χ1n) is 6.63. The van der Waals surface area contributed by atoms with Crippen LogP contribution >= 0.6 is 15.9 Å². The van der Waals surface area contributed by atoms with Crippen LogP contribution in [0.15, 0.2) is 34.8 Å². The maximum atomic E-state index is 13.8.